The highest BCUT2D eigenvalue weighted by molar-refractivity contribution is 6.37. The molecule has 0 aliphatic heterocycles. The lowest BCUT2D eigenvalue weighted by Crippen LogP contribution is -2.34. The number of methoxy groups -OCH3 is 1. The van der Waals surface area contributed by atoms with Crippen molar-refractivity contribution in [1.29, 1.82) is 5.26 Å². The third-order valence-electron chi connectivity index (χ3n) is 3.45. The van der Waals surface area contributed by atoms with Crippen LogP contribution in [0, 0.1) is 11.3 Å². The van der Waals surface area contributed by atoms with Crippen LogP contribution in [0.2, 0.25) is 10.0 Å². The Morgan fingerprint density at radius 1 is 1.14 bits per heavy atom. The van der Waals surface area contributed by atoms with Gasteiger partial charge in [-0.15, -0.1) is 37.2 Å². The molecule has 0 atom stereocenters. The van der Waals surface area contributed by atoms with Crippen LogP contribution in [-0.4, -0.2) is 36.3 Å². The zero-order valence-corrected chi connectivity index (χ0v) is 19.1. The van der Waals surface area contributed by atoms with Gasteiger partial charge in [0.25, 0.3) is 0 Å². The minimum absolute atomic E-state index is 0. The quantitative estimate of drug-likeness (QED) is 0.552. The molecule has 2 aromatic heterocycles. The number of rotatable bonds is 7. The van der Waals surface area contributed by atoms with Crippen LogP contribution in [0.5, 0.6) is 11.5 Å². The molecule has 0 aliphatic carbocycles. The van der Waals surface area contributed by atoms with Gasteiger partial charge in [0.2, 0.25) is 0 Å². The number of aromatic nitrogens is 2. The Morgan fingerprint density at radius 2 is 1.72 bits per heavy atom. The van der Waals surface area contributed by atoms with Crippen molar-refractivity contribution < 1.29 is 9.47 Å². The number of nitriles is 1. The highest BCUT2D eigenvalue weighted by Gasteiger charge is 2.15. The van der Waals surface area contributed by atoms with E-state index in [1.165, 1.54) is 31.8 Å². The van der Waals surface area contributed by atoms with Gasteiger partial charge in [0.05, 0.1) is 34.6 Å². The van der Waals surface area contributed by atoms with E-state index >= 15 is 0 Å². The molecular formula is C17H20Cl5N5O2. The first-order valence-electron chi connectivity index (χ1n) is 7.56. The van der Waals surface area contributed by atoms with Crippen LogP contribution in [0.1, 0.15) is 11.3 Å². The molecule has 0 unspecified atom stereocenters. The van der Waals surface area contributed by atoms with Crippen molar-refractivity contribution in [2.24, 2.45) is 11.5 Å². The molecule has 0 amide bonds. The van der Waals surface area contributed by atoms with Gasteiger partial charge in [0, 0.05) is 37.1 Å². The average Bonchev–Trinajstić information content (AvgIpc) is 2.66. The van der Waals surface area contributed by atoms with Crippen LogP contribution in [0.4, 0.5) is 0 Å². The fourth-order valence-corrected chi connectivity index (χ4v) is 2.53. The van der Waals surface area contributed by atoms with Gasteiger partial charge in [0.15, 0.2) is 11.5 Å². The molecule has 0 saturated carbocycles. The van der Waals surface area contributed by atoms with E-state index in [1.807, 2.05) is 0 Å². The number of ether oxygens (including phenoxy) is 2. The van der Waals surface area contributed by atoms with Gasteiger partial charge in [-0.2, -0.15) is 5.26 Å². The molecular weight excluding hydrogens is 483 g/mol. The summed E-state index contributed by atoms with van der Waals surface area (Å²) in [4.78, 5) is 8.12. The van der Waals surface area contributed by atoms with Crippen LogP contribution in [0.25, 0.3) is 11.6 Å². The first-order chi connectivity index (χ1) is 12.5. The Bertz CT molecular complexity index is 836. The van der Waals surface area contributed by atoms with Crippen molar-refractivity contribution in [3.63, 3.8) is 0 Å². The highest BCUT2D eigenvalue weighted by atomic mass is 35.5. The molecule has 0 aliphatic rings. The summed E-state index contributed by atoms with van der Waals surface area (Å²) in [5.74, 6) is 0.782. The van der Waals surface area contributed by atoms with E-state index < -0.39 is 6.10 Å². The Labute approximate surface area is 197 Å². The summed E-state index contributed by atoms with van der Waals surface area (Å²) < 4.78 is 11.0. The van der Waals surface area contributed by atoms with Crippen LogP contribution < -0.4 is 20.9 Å². The van der Waals surface area contributed by atoms with Crippen molar-refractivity contribution in [3.05, 3.63) is 46.0 Å². The lowest BCUT2D eigenvalue weighted by atomic mass is 10.1. The minimum atomic E-state index is -0.391. The second-order valence-corrected chi connectivity index (χ2v) is 5.93. The lowest BCUT2D eigenvalue weighted by Gasteiger charge is -2.17. The number of nitrogens with zero attached hydrogens (tertiary/aromatic N) is 3. The van der Waals surface area contributed by atoms with E-state index in [4.69, 9.17) is 44.1 Å². The second kappa shape index (κ2) is 14.5. The number of allylic oxidation sites excluding steroid dienone is 1. The molecule has 0 aromatic carbocycles. The summed E-state index contributed by atoms with van der Waals surface area (Å²) in [7, 11) is 1.49. The summed E-state index contributed by atoms with van der Waals surface area (Å²) in [6, 6.07) is 3.66. The average molecular weight is 504 g/mol. The highest BCUT2D eigenvalue weighted by Crippen LogP contribution is 2.32. The summed E-state index contributed by atoms with van der Waals surface area (Å²) in [5, 5.41) is 10.2. The standard InChI is InChI=1S/C17H17Cl2N5O2.3ClH/c1-25-17-9-24-15(3-16(17)26-11(5-21)6-22)10(4-20)2-12-13(18)7-23-8-14(12)19;;;/h2-3,7-9,11H,5-6,21-22H2,1H3;3*1H. The largest absolute Gasteiger partial charge is 0.491 e. The predicted molar refractivity (Wildman–Crippen MR) is 123 cm³/mol. The zero-order chi connectivity index (χ0) is 19.1. The normalized spacial score (nSPS) is 10.2. The topological polar surface area (TPSA) is 120 Å². The van der Waals surface area contributed by atoms with Crippen molar-refractivity contribution in [3.8, 4) is 17.6 Å². The van der Waals surface area contributed by atoms with E-state index in [9.17, 15) is 5.26 Å². The van der Waals surface area contributed by atoms with Gasteiger partial charge in [-0.05, 0) is 6.08 Å². The maximum Gasteiger partial charge on any atom is 0.179 e. The Kier molecular flexibility index (Phi) is 14.8. The molecule has 4 N–H and O–H groups in total. The molecule has 0 spiro atoms. The first kappa shape index (κ1) is 29.7. The molecule has 2 rings (SSSR count). The number of hydrogen-bond acceptors (Lipinski definition) is 7. The molecule has 29 heavy (non-hydrogen) atoms. The van der Waals surface area contributed by atoms with Gasteiger partial charge in [-0.3, -0.25) is 9.97 Å². The summed E-state index contributed by atoms with van der Waals surface area (Å²) in [6.07, 6.45) is 5.48. The van der Waals surface area contributed by atoms with Crippen molar-refractivity contribution in [2.45, 2.75) is 6.10 Å². The van der Waals surface area contributed by atoms with Crippen LogP contribution in [0.15, 0.2) is 24.7 Å². The first-order valence-corrected chi connectivity index (χ1v) is 8.31. The predicted octanol–water partition coefficient (Wildman–Crippen LogP) is 3.79. The number of halogens is 5. The SMILES string of the molecule is COc1cnc(C(C#N)=Cc2c(Cl)cncc2Cl)cc1OC(CN)CN.Cl.Cl.Cl. The molecule has 0 bridgehead atoms. The molecule has 2 heterocycles. The van der Waals surface area contributed by atoms with Crippen molar-refractivity contribution >= 4 is 72.1 Å². The Morgan fingerprint density at radius 3 is 2.21 bits per heavy atom. The van der Waals surface area contributed by atoms with Gasteiger partial charge < -0.3 is 20.9 Å². The fourth-order valence-electron chi connectivity index (χ4n) is 2.06. The van der Waals surface area contributed by atoms with Gasteiger partial charge >= 0.3 is 0 Å². The molecule has 0 radical (unpaired) electrons. The summed E-state index contributed by atoms with van der Waals surface area (Å²) >= 11 is 12.2. The molecule has 2 aromatic rings. The molecule has 12 heteroatoms. The molecule has 7 nitrogen and oxygen atoms in total. The van der Waals surface area contributed by atoms with Gasteiger partial charge in [-0.25, -0.2) is 0 Å². The van der Waals surface area contributed by atoms with Crippen molar-refractivity contribution in [2.75, 3.05) is 20.2 Å². The van der Waals surface area contributed by atoms with E-state index in [-0.39, 0.29) is 55.9 Å². The fraction of sp³-hybridized carbons (Fsp3) is 0.235. The third-order valence-corrected chi connectivity index (χ3v) is 4.05. The third kappa shape index (κ3) is 7.68. The van der Waals surface area contributed by atoms with E-state index in [0.29, 0.717) is 32.8 Å². The van der Waals surface area contributed by atoms with E-state index in [2.05, 4.69) is 16.0 Å². The summed E-state index contributed by atoms with van der Waals surface area (Å²) in [5.41, 5.74) is 12.3. The smallest absolute Gasteiger partial charge is 0.179 e. The van der Waals surface area contributed by atoms with Gasteiger partial charge in [0.1, 0.15) is 12.2 Å². The maximum atomic E-state index is 9.54. The molecule has 0 saturated heterocycles. The summed E-state index contributed by atoms with van der Waals surface area (Å²) in [6.45, 7) is 0.473. The maximum absolute atomic E-state index is 9.54. The van der Waals surface area contributed by atoms with Gasteiger partial charge in [-0.1, -0.05) is 23.2 Å². The minimum Gasteiger partial charge on any atom is -0.491 e. The number of pyridine rings is 2. The van der Waals surface area contributed by atoms with Crippen molar-refractivity contribution in [1.82, 2.24) is 9.97 Å². The monoisotopic (exact) mass is 501 g/mol. The Hall–Kier alpha value is -1.50. The van der Waals surface area contributed by atoms with Crippen LogP contribution in [-0.2, 0) is 0 Å². The molecule has 0 fully saturated rings. The molecule has 160 valence electrons. The zero-order valence-electron chi connectivity index (χ0n) is 15.2. The number of nitrogens with two attached hydrogens (primary N) is 2. The number of hydrogen-bond donors (Lipinski definition) is 2. The Balaban J connectivity index is 0. The van der Waals surface area contributed by atoms with Crippen LogP contribution in [0.3, 0.4) is 0 Å². The van der Waals surface area contributed by atoms with E-state index in [0.717, 1.165) is 0 Å². The second-order valence-electron chi connectivity index (χ2n) is 5.12. The van der Waals surface area contributed by atoms with E-state index in [1.54, 1.807) is 6.07 Å². The van der Waals surface area contributed by atoms with Crippen LogP contribution >= 0.6 is 60.4 Å². The lowest BCUT2D eigenvalue weighted by molar-refractivity contribution is 0.207.